The number of aliphatic hydroxyl groups excluding tert-OH is 2. The number of aliphatic hydroxyl groups is 2. The van der Waals surface area contributed by atoms with Gasteiger partial charge in [-0.15, -0.1) is 0 Å². The molecule has 2 rings (SSSR count). The van der Waals surface area contributed by atoms with E-state index in [0.717, 1.165) is 38.5 Å². The van der Waals surface area contributed by atoms with Gasteiger partial charge < -0.3 is 10.2 Å². The zero-order valence-electron chi connectivity index (χ0n) is 28.7. The van der Waals surface area contributed by atoms with Gasteiger partial charge in [0.25, 0.3) is 0 Å². The second kappa shape index (κ2) is 16.8. The second-order valence-corrected chi connectivity index (χ2v) is 15.2. The minimum atomic E-state index is -0.303. The van der Waals surface area contributed by atoms with Crippen LogP contribution in [0.15, 0.2) is 83.6 Å². The molecule has 4 unspecified atom stereocenters. The average molecular weight is 577 g/mol. The molecule has 0 amide bonds. The van der Waals surface area contributed by atoms with Crippen LogP contribution >= 0.6 is 0 Å². The lowest BCUT2D eigenvalue weighted by atomic mass is 9.67. The van der Waals surface area contributed by atoms with E-state index in [0.29, 0.717) is 29.6 Å². The number of allylic oxidation sites excluding steroid dienone is 12. The minimum Gasteiger partial charge on any atom is -0.393 e. The predicted molar refractivity (Wildman–Crippen MR) is 184 cm³/mol. The molecule has 0 aliphatic heterocycles. The van der Waals surface area contributed by atoms with Gasteiger partial charge in [0, 0.05) is 5.92 Å². The summed E-state index contributed by atoms with van der Waals surface area (Å²) in [4.78, 5) is 0. The van der Waals surface area contributed by atoms with Crippen molar-refractivity contribution in [2.75, 3.05) is 0 Å². The van der Waals surface area contributed by atoms with E-state index in [1.807, 2.05) is 6.08 Å². The highest BCUT2D eigenvalue weighted by Gasteiger charge is 2.34. The van der Waals surface area contributed by atoms with Crippen LogP contribution < -0.4 is 0 Å². The van der Waals surface area contributed by atoms with Gasteiger partial charge in [0.05, 0.1) is 12.2 Å². The van der Waals surface area contributed by atoms with Crippen LogP contribution in [-0.2, 0) is 0 Å². The maximum absolute atomic E-state index is 10.1. The van der Waals surface area contributed by atoms with E-state index in [4.69, 9.17) is 0 Å². The highest BCUT2D eigenvalue weighted by molar-refractivity contribution is 5.34. The maximum Gasteiger partial charge on any atom is 0.0729 e. The van der Waals surface area contributed by atoms with Crippen LogP contribution in [0, 0.1) is 40.4 Å². The Morgan fingerprint density at radius 2 is 1.43 bits per heavy atom. The molecule has 2 nitrogen and oxygen atoms in total. The van der Waals surface area contributed by atoms with Crippen LogP contribution in [0.2, 0.25) is 0 Å². The molecule has 0 saturated carbocycles. The van der Waals surface area contributed by atoms with E-state index in [1.165, 1.54) is 23.1 Å². The second-order valence-electron chi connectivity index (χ2n) is 15.2. The SMILES string of the molecule is CC1=C[C@H](O)CC(C)(C)[C@H]1/C=C/C(C)C/C=C/C(C)CC/C=C/C(C)C/C=C/C(C)/C=C/C1=C(C)C[C@H](O)CC1(C)C. The first-order valence-electron chi connectivity index (χ1n) is 16.7. The molecule has 2 N–H and O–H groups in total. The van der Waals surface area contributed by atoms with Gasteiger partial charge in [0.15, 0.2) is 0 Å². The molecular weight excluding hydrogens is 512 g/mol. The Morgan fingerprint density at radius 1 is 0.810 bits per heavy atom. The summed E-state index contributed by atoms with van der Waals surface area (Å²) in [6, 6.07) is 0. The Hall–Kier alpha value is -1.90. The van der Waals surface area contributed by atoms with Crippen LogP contribution in [0.5, 0.6) is 0 Å². The van der Waals surface area contributed by atoms with Gasteiger partial charge in [-0.2, -0.15) is 0 Å². The molecule has 7 atom stereocenters. The standard InChI is InChI=1S/C40H64O2/c1-29(17-13-19-31(3)21-23-37-33(5)25-35(41)27-39(37,7)8)15-11-12-16-30(2)18-14-20-32(4)22-24-38-34(6)26-36(42)28-40(38,9)10/h11,13-15,18-19,21-24,26,29-32,35-36,38,41-42H,12,16-17,20,25,27-28H2,1-10H3/b15-11+,18-14+,19-13+,23-21+,24-22+/t29?,30?,31?,32?,35-,36-,38-/m0/s1. The van der Waals surface area contributed by atoms with E-state index in [1.54, 1.807) is 0 Å². The van der Waals surface area contributed by atoms with E-state index >= 15 is 0 Å². The molecule has 2 heteroatoms. The van der Waals surface area contributed by atoms with Gasteiger partial charge in [-0.25, -0.2) is 0 Å². The minimum absolute atomic E-state index is 0.0414. The molecule has 0 saturated heterocycles. The van der Waals surface area contributed by atoms with Gasteiger partial charge in [-0.05, 0) is 98.9 Å². The topological polar surface area (TPSA) is 40.5 Å². The molecule has 0 aromatic carbocycles. The molecule has 0 aromatic heterocycles. The van der Waals surface area contributed by atoms with Crippen LogP contribution in [0.3, 0.4) is 0 Å². The largest absolute Gasteiger partial charge is 0.393 e. The highest BCUT2D eigenvalue weighted by atomic mass is 16.3. The summed E-state index contributed by atoms with van der Waals surface area (Å²) < 4.78 is 0. The van der Waals surface area contributed by atoms with E-state index in [9.17, 15) is 10.2 Å². The summed E-state index contributed by atoms with van der Waals surface area (Å²) in [5.41, 5.74) is 4.16. The third-order valence-corrected chi connectivity index (χ3v) is 9.37. The average Bonchev–Trinajstić information content (AvgIpc) is 2.84. The molecule has 236 valence electrons. The molecule has 0 heterocycles. The van der Waals surface area contributed by atoms with E-state index in [-0.39, 0.29) is 23.0 Å². The van der Waals surface area contributed by atoms with Crippen molar-refractivity contribution in [3.05, 3.63) is 83.6 Å². The van der Waals surface area contributed by atoms with Crippen molar-refractivity contribution >= 4 is 0 Å². The van der Waals surface area contributed by atoms with Gasteiger partial charge in [0.2, 0.25) is 0 Å². The zero-order chi connectivity index (χ0) is 31.5. The summed E-state index contributed by atoms with van der Waals surface area (Å²) in [7, 11) is 0. The smallest absolute Gasteiger partial charge is 0.0729 e. The molecule has 0 radical (unpaired) electrons. The molecule has 2 aliphatic carbocycles. The van der Waals surface area contributed by atoms with Crippen molar-refractivity contribution in [3.63, 3.8) is 0 Å². The van der Waals surface area contributed by atoms with Crippen molar-refractivity contribution in [2.45, 2.75) is 126 Å². The van der Waals surface area contributed by atoms with Crippen LogP contribution in [-0.4, -0.2) is 22.4 Å². The third-order valence-electron chi connectivity index (χ3n) is 9.37. The molecule has 0 spiro atoms. The maximum atomic E-state index is 10.1. The summed E-state index contributed by atoms with van der Waals surface area (Å²) in [5, 5.41) is 20.2. The van der Waals surface area contributed by atoms with Crippen LogP contribution in [0.4, 0.5) is 0 Å². The third kappa shape index (κ3) is 12.4. The van der Waals surface area contributed by atoms with Crippen LogP contribution in [0.25, 0.3) is 0 Å². The normalized spacial score (nSPS) is 27.9. The predicted octanol–water partition coefficient (Wildman–Crippen LogP) is 10.7. The lowest BCUT2D eigenvalue weighted by Gasteiger charge is -2.38. The van der Waals surface area contributed by atoms with Gasteiger partial charge in [-0.3, -0.25) is 0 Å². The molecule has 0 bridgehead atoms. The first-order valence-corrected chi connectivity index (χ1v) is 16.7. The molecular formula is C40H64O2. The summed E-state index contributed by atoms with van der Waals surface area (Å²) >= 11 is 0. The van der Waals surface area contributed by atoms with Gasteiger partial charge in [0.1, 0.15) is 0 Å². The van der Waals surface area contributed by atoms with Crippen molar-refractivity contribution in [1.29, 1.82) is 0 Å². The van der Waals surface area contributed by atoms with Crippen molar-refractivity contribution in [2.24, 2.45) is 40.4 Å². The zero-order valence-corrected chi connectivity index (χ0v) is 28.7. The fourth-order valence-electron chi connectivity index (χ4n) is 6.93. The Bertz CT molecular complexity index is 1040. The Labute approximate surface area is 260 Å². The van der Waals surface area contributed by atoms with Gasteiger partial charge >= 0.3 is 0 Å². The highest BCUT2D eigenvalue weighted by Crippen LogP contribution is 2.42. The summed E-state index contributed by atoms with van der Waals surface area (Å²) in [5.74, 6) is 2.48. The quantitative estimate of drug-likeness (QED) is 0.202. The lowest BCUT2D eigenvalue weighted by Crippen LogP contribution is -2.32. The Morgan fingerprint density at radius 3 is 2.07 bits per heavy atom. The van der Waals surface area contributed by atoms with Gasteiger partial charge in [-0.1, -0.05) is 133 Å². The summed E-state index contributed by atoms with van der Waals surface area (Å²) in [6.45, 7) is 22.5. The van der Waals surface area contributed by atoms with Crippen molar-refractivity contribution < 1.29 is 10.2 Å². The number of hydrogen-bond acceptors (Lipinski definition) is 2. The molecule has 42 heavy (non-hydrogen) atoms. The molecule has 0 fully saturated rings. The van der Waals surface area contributed by atoms with Crippen molar-refractivity contribution in [1.82, 2.24) is 0 Å². The Balaban J connectivity index is 1.69. The fourth-order valence-corrected chi connectivity index (χ4v) is 6.93. The molecule has 0 aromatic rings. The fraction of sp³-hybridized carbons (Fsp3) is 0.650. The van der Waals surface area contributed by atoms with Crippen molar-refractivity contribution in [3.8, 4) is 0 Å². The monoisotopic (exact) mass is 576 g/mol. The molecule has 2 aliphatic rings. The first-order chi connectivity index (χ1) is 19.6. The number of hydrogen-bond donors (Lipinski definition) is 2. The first kappa shape index (κ1) is 36.3. The summed E-state index contributed by atoms with van der Waals surface area (Å²) in [6.07, 6.45) is 32.0. The lowest BCUT2D eigenvalue weighted by molar-refractivity contribution is 0.116. The Kier molecular flexibility index (Phi) is 14.5. The van der Waals surface area contributed by atoms with E-state index in [2.05, 4.69) is 130 Å². The van der Waals surface area contributed by atoms with E-state index < -0.39 is 0 Å². The van der Waals surface area contributed by atoms with Crippen LogP contribution in [0.1, 0.15) is 114 Å². The number of rotatable bonds is 14.